The van der Waals surface area contributed by atoms with Crippen LogP contribution in [0.4, 0.5) is 0 Å². The second-order valence-electron chi connectivity index (χ2n) is 5.34. The lowest BCUT2D eigenvalue weighted by atomic mass is 9.98. The van der Waals surface area contributed by atoms with Gasteiger partial charge in [-0.1, -0.05) is 12.6 Å². The summed E-state index contributed by atoms with van der Waals surface area (Å²) in [5.41, 5.74) is 1.55. The average Bonchev–Trinajstić information content (AvgIpc) is 2.45. The molecule has 120 valence electrons. The van der Waals surface area contributed by atoms with E-state index < -0.39 is 10.0 Å². The van der Waals surface area contributed by atoms with E-state index in [0.717, 1.165) is 11.0 Å². The van der Waals surface area contributed by atoms with Crippen molar-refractivity contribution in [1.82, 2.24) is 9.62 Å². The smallest absolute Gasteiger partial charge is 0.257 e. The van der Waals surface area contributed by atoms with Gasteiger partial charge in [-0.3, -0.25) is 4.79 Å². The van der Waals surface area contributed by atoms with Crippen LogP contribution in [-0.2, 0) is 10.0 Å². The Morgan fingerprint density at radius 1 is 1.50 bits per heavy atom. The predicted octanol–water partition coefficient (Wildman–Crippen LogP) is 1.14. The molecule has 0 bridgehead atoms. The summed E-state index contributed by atoms with van der Waals surface area (Å²) >= 11 is 0. The SMILES string of the molecule is C=CS(=O)(=O)NCC1CN(C(=O)c2ccc(C)cc2OC)C1. The first kappa shape index (κ1) is 16.5. The number of methoxy groups -OCH3 is 1. The van der Waals surface area contributed by atoms with Crippen molar-refractivity contribution >= 4 is 15.9 Å². The van der Waals surface area contributed by atoms with E-state index in [1.54, 1.807) is 11.0 Å². The molecule has 1 aromatic carbocycles. The van der Waals surface area contributed by atoms with Gasteiger partial charge < -0.3 is 9.64 Å². The molecule has 1 fully saturated rings. The van der Waals surface area contributed by atoms with Crippen molar-refractivity contribution in [3.63, 3.8) is 0 Å². The third-order valence-corrected chi connectivity index (χ3v) is 4.63. The summed E-state index contributed by atoms with van der Waals surface area (Å²) in [6.45, 7) is 6.52. The van der Waals surface area contributed by atoms with Gasteiger partial charge in [-0.05, 0) is 24.6 Å². The summed E-state index contributed by atoms with van der Waals surface area (Å²) in [6.07, 6.45) is 0. The van der Waals surface area contributed by atoms with Crippen LogP contribution in [0.15, 0.2) is 30.2 Å². The molecule has 6 nitrogen and oxygen atoms in total. The van der Waals surface area contributed by atoms with Crippen molar-refractivity contribution in [1.29, 1.82) is 0 Å². The number of likely N-dealkylation sites (tertiary alicyclic amines) is 1. The molecule has 0 radical (unpaired) electrons. The molecule has 22 heavy (non-hydrogen) atoms. The number of hydrogen-bond donors (Lipinski definition) is 1. The predicted molar refractivity (Wildman–Crippen MR) is 84.2 cm³/mol. The first-order valence-electron chi connectivity index (χ1n) is 6.92. The van der Waals surface area contributed by atoms with E-state index >= 15 is 0 Å². The number of ether oxygens (including phenoxy) is 1. The molecule has 0 saturated carbocycles. The van der Waals surface area contributed by atoms with Crippen molar-refractivity contribution in [2.24, 2.45) is 5.92 Å². The molecular formula is C15H20N2O4S. The molecule has 1 N–H and O–H groups in total. The zero-order valence-electron chi connectivity index (χ0n) is 12.7. The van der Waals surface area contributed by atoms with Crippen molar-refractivity contribution < 1.29 is 17.9 Å². The molecule has 0 atom stereocenters. The fourth-order valence-electron chi connectivity index (χ4n) is 2.30. The zero-order valence-corrected chi connectivity index (χ0v) is 13.5. The number of nitrogens with one attached hydrogen (secondary N) is 1. The minimum Gasteiger partial charge on any atom is -0.496 e. The third kappa shape index (κ3) is 3.66. The number of carbonyl (C=O) groups is 1. The number of nitrogens with zero attached hydrogens (tertiary/aromatic N) is 1. The highest BCUT2D eigenvalue weighted by molar-refractivity contribution is 7.92. The van der Waals surface area contributed by atoms with E-state index in [2.05, 4.69) is 11.3 Å². The highest BCUT2D eigenvalue weighted by Gasteiger charge is 2.32. The first-order valence-corrected chi connectivity index (χ1v) is 8.47. The number of benzene rings is 1. The van der Waals surface area contributed by atoms with E-state index in [1.165, 1.54) is 7.11 Å². The van der Waals surface area contributed by atoms with Crippen molar-refractivity contribution in [3.05, 3.63) is 41.3 Å². The van der Waals surface area contributed by atoms with E-state index in [0.29, 0.717) is 30.9 Å². The summed E-state index contributed by atoms with van der Waals surface area (Å²) in [5, 5.41) is 0.881. The van der Waals surface area contributed by atoms with Crippen LogP contribution in [0.3, 0.4) is 0 Å². The van der Waals surface area contributed by atoms with Gasteiger partial charge >= 0.3 is 0 Å². The summed E-state index contributed by atoms with van der Waals surface area (Å²) in [4.78, 5) is 14.1. The lowest BCUT2D eigenvalue weighted by Gasteiger charge is -2.39. The molecule has 0 spiro atoms. The van der Waals surface area contributed by atoms with Crippen LogP contribution in [0.2, 0.25) is 0 Å². The lowest BCUT2D eigenvalue weighted by molar-refractivity contribution is 0.0507. The van der Waals surface area contributed by atoms with Crippen molar-refractivity contribution in [3.8, 4) is 5.75 Å². The Bertz CT molecular complexity index is 679. The summed E-state index contributed by atoms with van der Waals surface area (Å²) in [5.74, 6) is 0.579. The van der Waals surface area contributed by atoms with Gasteiger partial charge in [-0.15, -0.1) is 0 Å². The molecule has 2 rings (SSSR count). The highest BCUT2D eigenvalue weighted by atomic mass is 32.2. The average molecular weight is 324 g/mol. The van der Waals surface area contributed by atoms with Gasteiger partial charge in [0.2, 0.25) is 10.0 Å². The fraction of sp³-hybridized carbons (Fsp3) is 0.400. The van der Waals surface area contributed by atoms with Gasteiger partial charge in [0.25, 0.3) is 5.91 Å². The molecule has 1 amide bonds. The molecule has 1 heterocycles. The maximum absolute atomic E-state index is 12.4. The minimum atomic E-state index is -3.41. The number of sulfonamides is 1. The van der Waals surface area contributed by atoms with E-state index in [-0.39, 0.29) is 11.8 Å². The largest absolute Gasteiger partial charge is 0.496 e. The first-order chi connectivity index (χ1) is 10.4. The highest BCUT2D eigenvalue weighted by Crippen LogP contribution is 2.25. The monoisotopic (exact) mass is 324 g/mol. The van der Waals surface area contributed by atoms with E-state index in [9.17, 15) is 13.2 Å². The Hall–Kier alpha value is -1.86. The quantitative estimate of drug-likeness (QED) is 0.851. The van der Waals surface area contributed by atoms with Crippen LogP contribution in [0.25, 0.3) is 0 Å². The number of hydrogen-bond acceptors (Lipinski definition) is 4. The molecule has 7 heteroatoms. The third-order valence-electron chi connectivity index (χ3n) is 3.62. The molecular weight excluding hydrogens is 304 g/mol. The molecule has 0 unspecified atom stereocenters. The van der Waals surface area contributed by atoms with Gasteiger partial charge in [0, 0.05) is 31.0 Å². The number of rotatable bonds is 6. The van der Waals surface area contributed by atoms with Crippen molar-refractivity contribution in [2.75, 3.05) is 26.7 Å². The Morgan fingerprint density at radius 3 is 2.77 bits per heavy atom. The van der Waals surface area contributed by atoms with Crippen molar-refractivity contribution in [2.45, 2.75) is 6.92 Å². The van der Waals surface area contributed by atoms with E-state index in [1.807, 2.05) is 19.1 Å². The molecule has 1 aromatic rings. The summed E-state index contributed by atoms with van der Waals surface area (Å²) in [6, 6.07) is 5.44. The Morgan fingerprint density at radius 2 is 2.18 bits per heavy atom. The zero-order chi connectivity index (χ0) is 16.3. The molecule has 1 aliphatic heterocycles. The number of aryl methyl sites for hydroxylation is 1. The van der Waals surface area contributed by atoms with Gasteiger partial charge in [-0.2, -0.15) is 0 Å². The molecule has 0 aromatic heterocycles. The number of carbonyl (C=O) groups excluding carboxylic acids is 1. The summed E-state index contributed by atoms with van der Waals surface area (Å²) in [7, 11) is -1.87. The second kappa shape index (κ2) is 6.50. The molecule has 1 saturated heterocycles. The van der Waals surface area contributed by atoms with E-state index in [4.69, 9.17) is 4.74 Å². The summed E-state index contributed by atoms with van der Waals surface area (Å²) < 4.78 is 30.2. The van der Waals surface area contributed by atoms with Crippen LogP contribution in [0.1, 0.15) is 15.9 Å². The fourth-order valence-corrected chi connectivity index (χ4v) is 2.89. The van der Waals surface area contributed by atoms with Crippen LogP contribution in [-0.4, -0.2) is 46.0 Å². The molecule has 1 aliphatic rings. The minimum absolute atomic E-state index is 0.0975. The Kier molecular flexibility index (Phi) is 4.87. The normalized spacial score (nSPS) is 15.3. The maximum atomic E-state index is 12.4. The van der Waals surface area contributed by atoms with Gasteiger partial charge in [0.05, 0.1) is 12.7 Å². The van der Waals surface area contributed by atoms with Crippen LogP contribution in [0.5, 0.6) is 5.75 Å². The van der Waals surface area contributed by atoms with Crippen LogP contribution < -0.4 is 9.46 Å². The van der Waals surface area contributed by atoms with Gasteiger partial charge in [-0.25, -0.2) is 13.1 Å². The Balaban J connectivity index is 1.93. The molecule has 0 aliphatic carbocycles. The van der Waals surface area contributed by atoms with Gasteiger partial charge in [0.1, 0.15) is 5.75 Å². The number of amides is 1. The topological polar surface area (TPSA) is 75.7 Å². The van der Waals surface area contributed by atoms with Crippen LogP contribution in [0, 0.1) is 12.8 Å². The standard InChI is InChI=1S/C15H20N2O4S/c1-4-22(19,20)16-8-12-9-17(10-12)15(18)13-6-5-11(2)7-14(13)21-3/h4-7,12,16H,1,8-10H2,2-3H3. The lowest BCUT2D eigenvalue weighted by Crippen LogP contribution is -2.53. The Labute approximate surface area is 130 Å². The maximum Gasteiger partial charge on any atom is 0.257 e. The van der Waals surface area contributed by atoms with Gasteiger partial charge in [0.15, 0.2) is 0 Å². The van der Waals surface area contributed by atoms with Crippen LogP contribution >= 0.6 is 0 Å². The second-order valence-corrected chi connectivity index (χ2v) is 7.05.